The SMILES string of the molecule is COC(C)(C)CCOc1ccc2nc(NC(=O)[C@@H](C)Cl)sc2c1. The van der Waals surface area contributed by atoms with E-state index in [1.165, 1.54) is 11.3 Å². The molecule has 5 nitrogen and oxygen atoms in total. The van der Waals surface area contributed by atoms with Gasteiger partial charge >= 0.3 is 0 Å². The van der Waals surface area contributed by atoms with Gasteiger partial charge in [0.1, 0.15) is 11.1 Å². The summed E-state index contributed by atoms with van der Waals surface area (Å²) in [7, 11) is 1.70. The van der Waals surface area contributed by atoms with Gasteiger partial charge in [0.25, 0.3) is 0 Å². The molecule has 0 aliphatic carbocycles. The highest BCUT2D eigenvalue weighted by molar-refractivity contribution is 7.22. The summed E-state index contributed by atoms with van der Waals surface area (Å²) >= 11 is 7.14. The summed E-state index contributed by atoms with van der Waals surface area (Å²) in [6.45, 7) is 6.24. The number of thiazole rings is 1. The Kier molecular flexibility index (Phi) is 5.84. The van der Waals surface area contributed by atoms with Crippen molar-refractivity contribution >= 4 is 44.2 Å². The molecule has 2 rings (SSSR count). The van der Waals surface area contributed by atoms with Crippen LogP contribution in [-0.4, -0.2) is 35.6 Å². The Hall–Kier alpha value is -1.37. The lowest BCUT2D eigenvalue weighted by Gasteiger charge is -2.22. The van der Waals surface area contributed by atoms with E-state index in [-0.39, 0.29) is 11.5 Å². The first-order valence-electron chi connectivity index (χ1n) is 7.34. The van der Waals surface area contributed by atoms with Gasteiger partial charge in [0.15, 0.2) is 5.13 Å². The second-order valence-electron chi connectivity index (χ2n) is 5.82. The zero-order chi connectivity index (χ0) is 17.0. The summed E-state index contributed by atoms with van der Waals surface area (Å²) in [6.07, 6.45) is 0.791. The number of carbonyl (C=O) groups is 1. The molecule has 1 atom stereocenters. The number of ether oxygens (including phenoxy) is 2. The van der Waals surface area contributed by atoms with Gasteiger partial charge in [0.05, 0.1) is 22.4 Å². The van der Waals surface area contributed by atoms with Crippen molar-refractivity contribution in [1.29, 1.82) is 0 Å². The second kappa shape index (κ2) is 7.47. The number of anilines is 1. The fourth-order valence-electron chi connectivity index (χ4n) is 1.77. The zero-order valence-electron chi connectivity index (χ0n) is 13.7. The zero-order valence-corrected chi connectivity index (χ0v) is 15.3. The van der Waals surface area contributed by atoms with Crippen LogP contribution < -0.4 is 10.1 Å². The minimum absolute atomic E-state index is 0.204. The molecule has 126 valence electrons. The molecular weight excluding hydrogens is 336 g/mol. The number of methoxy groups -OCH3 is 1. The van der Waals surface area contributed by atoms with Crippen LogP contribution in [0.3, 0.4) is 0 Å². The van der Waals surface area contributed by atoms with Gasteiger partial charge in [-0.05, 0) is 39.0 Å². The van der Waals surface area contributed by atoms with Crippen molar-refractivity contribution in [2.75, 3.05) is 19.0 Å². The molecule has 0 aliphatic rings. The summed E-state index contributed by atoms with van der Waals surface area (Å²) in [4.78, 5) is 16.0. The monoisotopic (exact) mass is 356 g/mol. The van der Waals surface area contributed by atoms with Gasteiger partial charge in [-0.15, -0.1) is 11.6 Å². The average molecular weight is 357 g/mol. The third-order valence-electron chi connectivity index (χ3n) is 3.48. The fraction of sp³-hybridized carbons (Fsp3) is 0.500. The lowest BCUT2D eigenvalue weighted by molar-refractivity contribution is -0.115. The van der Waals surface area contributed by atoms with Crippen LogP contribution in [0.15, 0.2) is 18.2 Å². The van der Waals surface area contributed by atoms with Gasteiger partial charge in [0.2, 0.25) is 5.91 Å². The number of aromatic nitrogens is 1. The lowest BCUT2D eigenvalue weighted by Crippen LogP contribution is -2.25. The van der Waals surface area contributed by atoms with Crippen molar-refractivity contribution in [1.82, 2.24) is 4.98 Å². The van der Waals surface area contributed by atoms with Crippen LogP contribution >= 0.6 is 22.9 Å². The lowest BCUT2D eigenvalue weighted by atomic mass is 10.1. The van der Waals surface area contributed by atoms with Crippen LogP contribution in [0.2, 0.25) is 0 Å². The molecule has 7 heteroatoms. The molecule has 0 saturated heterocycles. The summed E-state index contributed by atoms with van der Waals surface area (Å²) in [5, 5.41) is 2.64. The normalized spacial score (nSPS) is 13.1. The molecule has 0 radical (unpaired) electrons. The van der Waals surface area contributed by atoms with Gasteiger partial charge in [-0.3, -0.25) is 4.79 Å². The maximum atomic E-state index is 11.6. The first-order chi connectivity index (χ1) is 10.8. The summed E-state index contributed by atoms with van der Waals surface area (Å²) in [5.41, 5.74) is 0.613. The molecule has 0 unspecified atom stereocenters. The maximum absolute atomic E-state index is 11.6. The number of benzene rings is 1. The van der Waals surface area contributed by atoms with E-state index in [9.17, 15) is 4.79 Å². The predicted molar refractivity (Wildman–Crippen MR) is 94.8 cm³/mol. The smallest absolute Gasteiger partial charge is 0.243 e. The van der Waals surface area contributed by atoms with E-state index < -0.39 is 5.38 Å². The Bertz CT molecular complexity index is 685. The van der Waals surface area contributed by atoms with E-state index in [1.54, 1.807) is 14.0 Å². The minimum atomic E-state index is -0.593. The molecule has 1 N–H and O–H groups in total. The average Bonchev–Trinajstić information content (AvgIpc) is 2.88. The molecule has 1 heterocycles. The Morgan fingerprint density at radius 1 is 1.48 bits per heavy atom. The number of nitrogens with one attached hydrogen (secondary N) is 1. The highest BCUT2D eigenvalue weighted by atomic mass is 35.5. The molecule has 0 aliphatic heterocycles. The number of halogens is 1. The van der Waals surface area contributed by atoms with E-state index in [4.69, 9.17) is 21.1 Å². The number of amides is 1. The van der Waals surface area contributed by atoms with Gasteiger partial charge in [-0.2, -0.15) is 0 Å². The van der Waals surface area contributed by atoms with Crippen molar-refractivity contribution in [3.05, 3.63) is 18.2 Å². The summed E-state index contributed by atoms with van der Waals surface area (Å²) in [6, 6.07) is 5.67. The molecular formula is C16H21ClN2O3S. The second-order valence-corrected chi connectivity index (χ2v) is 7.50. The highest BCUT2D eigenvalue weighted by Gasteiger charge is 2.16. The highest BCUT2D eigenvalue weighted by Crippen LogP contribution is 2.29. The molecule has 1 aromatic carbocycles. The van der Waals surface area contributed by atoms with Gasteiger partial charge in [-0.25, -0.2) is 4.98 Å². The van der Waals surface area contributed by atoms with Crippen LogP contribution in [0.1, 0.15) is 27.2 Å². The molecule has 23 heavy (non-hydrogen) atoms. The van der Waals surface area contributed by atoms with Crippen LogP contribution in [0.5, 0.6) is 5.75 Å². The van der Waals surface area contributed by atoms with Crippen molar-refractivity contribution in [2.45, 2.75) is 38.2 Å². The van der Waals surface area contributed by atoms with Crippen molar-refractivity contribution in [3.63, 3.8) is 0 Å². The molecule has 1 aromatic heterocycles. The van der Waals surface area contributed by atoms with Crippen molar-refractivity contribution in [2.24, 2.45) is 0 Å². The Balaban J connectivity index is 2.03. The first-order valence-corrected chi connectivity index (χ1v) is 8.59. The van der Waals surface area contributed by atoms with Crippen LogP contribution in [0.25, 0.3) is 10.2 Å². The molecule has 1 amide bonds. The first kappa shape index (κ1) is 18.0. The standard InChI is InChI=1S/C16H21ClN2O3S/c1-10(17)14(20)19-15-18-12-6-5-11(9-13(12)23-15)22-8-7-16(2,3)21-4/h5-6,9-10H,7-8H2,1-4H3,(H,18,19,20)/t10-/m1/s1. The molecule has 2 aromatic rings. The molecule has 0 saturated carbocycles. The largest absolute Gasteiger partial charge is 0.493 e. The number of hydrogen-bond acceptors (Lipinski definition) is 5. The summed E-state index contributed by atoms with van der Waals surface area (Å²) in [5.74, 6) is 0.514. The number of carbonyl (C=O) groups excluding carboxylic acids is 1. The number of hydrogen-bond donors (Lipinski definition) is 1. The molecule has 0 spiro atoms. The Morgan fingerprint density at radius 2 is 2.22 bits per heavy atom. The predicted octanol–water partition coefficient (Wildman–Crippen LogP) is 4.06. The van der Waals surface area contributed by atoms with E-state index in [1.807, 2.05) is 32.0 Å². The van der Waals surface area contributed by atoms with E-state index in [0.717, 1.165) is 22.4 Å². The number of rotatable bonds is 7. The van der Waals surface area contributed by atoms with Crippen LogP contribution in [0, 0.1) is 0 Å². The van der Waals surface area contributed by atoms with E-state index >= 15 is 0 Å². The van der Waals surface area contributed by atoms with Crippen LogP contribution in [-0.2, 0) is 9.53 Å². The van der Waals surface area contributed by atoms with Crippen molar-refractivity contribution in [3.8, 4) is 5.75 Å². The maximum Gasteiger partial charge on any atom is 0.243 e. The number of fused-ring (bicyclic) bond motifs is 1. The fourth-order valence-corrected chi connectivity index (χ4v) is 2.72. The Labute approximate surface area is 144 Å². The Morgan fingerprint density at radius 3 is 2.87 bits per heavy atom. The quantitative estimate of drug-likeness (QED) is 0.760. The van der Waals surface area contributed by atoms with Crippen LogP contribution in [0.4, 0.5) is 5.13 Å². The van der Waals surface area contributed by atoms with Gasteiger partial charge in [-0.1, -0.05) is 11.3 Å². The van der Waals surface area contributed by atoms with E-state index in [2.05, 4.69) is 10.3 Å². The third kappa shape index (κ3) is 5.06. The molecule has 0 fully saturated rings. The summed E-state index contributed by atoms with van der Waals surface area (Å²) < 4.78 is 12.1. The third-order valence-corrected chi connectivity index (χ3v) is 4.61. The minimum Gasteiger partial charge on any atom is -0.493 e. The molecule has 0 bridgehead atoms. The number of alkyl halides is 1. The van der Waals surface area contributed by atoms with Gasteiger partial charge < -0.3 is 14.8 Å². The number of nitrogens with zero attached hydrogens (tertiary/aromatic N) is 1. The van der Waals surface area contributed by atoms with E-state index in [0.29, 0.717) is 11.7 Å². The topological polar surface area (TPSA) is 60.5 Å². The van der Waals surface area contributed by atoms with Crippen molar-refractivity contribution < 1.29 is 14.3 Å². The van der Waals surface area contributed by atoms with Gasteiger partial charge in [0, 0.05) is 13.5 Å².